The minimum absolute atomic E-state index is 0.0684. The van der Waals surface area contributed by atoms with E-state index in [1.807, 2.05) is 25.1 Å². The number of benzene rings is 1. The van der Waals surface area contributed by atoms with E-state index in [4.69, 9.17) is 5.11 Å². The Kier molecular flexibility index (Phi) is 2.21. The Morgan fingerprint density at radius 1 is 1.57 bits per heavy atom. The molecule has 2 rings (SSSR count). The first-order valence-electron chi connectivity index (χ1n) is 4.24. The molecule has 0 saturated heterocycles. The highest BCUT2D eigenvalue weighted by atomic mass is 32.1. The molecule has 1 heterocycles. The number of rotatable bonds is 2. The Balaban J connectivity index is 2.59. The van der Waals surface area contributed by atoms with E-state index in [1.165, 1.54) is 11.5 Å². The summed E-state index contributed by atoms with van der Waals surface area (Å²) in [5.41, 5.74) is 1.82. The van der Waals surface area contributed by atoms with E-state index < -0.39 is 5.97 Å². The van der Waals surface area contributed by atoms with E-state index in [1.54, 1.807) is 0 Å². The number of aromatic nitrogens is 1. The Morgan fingerprint density at radius 3 is 3.07 bits per heavy atom. The molecule has 2 aromatic rings. The van der Waals surface area contributed by atoms with Gasteiger partial charge in [-0.25, -0.2) is 0 Å². The lowest BCUT2D eigenvalue weighted by Gasteiger charge is -1.97. The first-order valence-corrected chi connectivity index (χ1v) is 5.01. The van der Waals surface area contributed by atoms with Crippen molar-refractivity contribution in [2.45, 2.75) is 13.3 Å². The minimum Gasteiger partial charge on any atom is -0.481 e. The minimum atomic E-state index is -0.802. The summed E-state index contributed by atoms with van der Waals surface area (Å²) in [7, 11) is 0. The molecule has 14 heavy (non-hydrogen) atoms. The molecule has 0 unspecified atom stereocenters. The van der Waals surface area contributed by atoms with Gasteiger partial charge in [-0.1, -0.05) is 18.2 Å². The fraction of sp³-hybridized carbons (Fsp3) is 0.200. The van der Waals surface area contributed by atoms with Gasteiger partial charge in [-0.2, -0.15) is 4.37 Å². The summed E-state index contributed by atoms with van der Waals surface area (Å²) in [5, 5.41) is 9.78. The van der Waals surface area contributed by atoms with Crippen LogP contribution in [0.3, 0.4) is 0 Å². The number of carboxylic acid groups (broad SMARTS) is 1. The number of carboxylic acids is 1. The number of carbonyl (C=O) groups is 1. The first kappa shape index (κ1) is 9.15. The zero-order valence-corrected chi connectivity index (χ0v) is 8.47. The van der Waals surface area contributed by atoms with Gasteiger partial charge in [-0.15, -0.1) is 0 Å². The lowest BCUT2D eigenvalue weighted by molar-refractivity contribution is -0.136. The third-order valence-electron chi connectivity index (χ3n) is 2.10. The number of nitrogens with zero attached hydrogens (tertiary/aromatic N) is 1. The second-order valence-corrected chi connectivity index (χ2v) is 3.91. The Bertz CT molecular complexity index is 490. The van der Waals surface area contributed by atoms with Crippen LogP contribution in [-0.4, -0.2) is 15.4 Å². The number of hydrogen-bond acceptors (Lipinski definition) is 3. The molecule has 0 aliphatic heterocycles. The molecular formula is C10H9NO2S. The average molecular weight is 207 g/mol. The summed E-state index contributed by atoms with van der Waals surface area (Å²) < 4.78 is 5.21. The van der Waals surface area contributed by atoms with Crippen molar-refractivity contribution in [2.24, 2.45) is 0 Å². The van der Waals surface area contributed by atoms with Crippen LogP contribution in [0.4, 0.5) is 0 Å². The van der Waals surface area contributed by atoms with E-state index >= 15 is 0 Å². The predicted molar refractivity (Wildman–Crippen MR) is 55.7 cm³/mol. The normalized spacial score (nSPS) is 10.6. The lowest BCUT2D eigenvalue weighted by Crippen LogP contribution is -1.99. The van der Waals surface area contributed by atoms with Gasteiger partial charge in [0.25, 0.3) is 0 Å². The van der Waals surface area contributed by atoms with Gasteiger partial charge < -0.3 is 5.11 Å². The zero-order valence-electron chi connectivity index (χ0n) is 7.65. The Hall–Kier alpha value is -1.42. The van der Waals surface area contributed by atoms with E-state index in [2.05, 4.69) is 4.37 Å². The predicted octanol–water partition coefficient (Wildman–Crippen LogP) is 2.23. The van der Waals surface area contributed by atoms with Crippen molar-refractivity contribution in [3.8, 4) is 0 Å². The van der Waals surface area contributed by atoms with Crippen LogP contribution >= 0.6 is 11.5 Å². The quantitative estimate of drug-likeness (QED) is 0.821. The molecule has 1 aromatic heterocycles. The van der Waals surface area contributed by atoms with E-state index in [0.717, 1.165) is 21.3 Å². The van der Waals surface area contributed by atoms with Crippen LogP contribution in [0.5, 0.6) is 0 Å². The van der Waals surface area contributed by atoms with Gasteiger partial charge in [-0.05, 0) is 24.0 Å². The summed E-state index contributed by atoms with van der Waals surface area (Å²) in [6, 6.07) is 5.69. The van der Waals surface area contributed by atoms with Gasteiger partial charge in [0, 0.05) is 5.39 Å². The van der Waals surface area contributed by atoms with Crippen LogP contribution in [0.2, 0.25) is 0 Å². The number of fused-ring (bicyclic) bond motifs is 1. The van der Waals surface area contributed by atoms with Crippen molar-refractivity contribution in [1.82, 2.24) is 4.37 Å². The highest BCUT2D eigenvalue weighted by molar-refractivity contribution is 7.13. The average Bonchev–Trinajstić information content (AvgIpc) is 2.49. The number of aryl methyl sites for hydroxylation is 1. The molecule has 3 nitrogen and oxygen atoms in total. The molecule has 0 aliphatic rings. The molecule has 4 heteroatoms. The van der Waals surface area contributed by atoms with Crippen LogP contribution in [0, 0.1) is 6.92 Å². The van der Waals surface area contributed by atoms with Crippen LogP contribution < -0.4 is 0 Å². The summed E-state index contributed by atoms with van der Waals surface area (Å²) in [6.45, 7) is 1.93. The second-order valence-electron chi connectivity index (χ2n) is 3.13. The maximum absolute atomic E-state index is 10.6. The fourth-order valence-electron chi connectivity index (χ4n) is 1.44. The number of aliphatic carboxylic acids is 1. The molecule has 0 radical (unpaired) electrons. The molecule has 0 spiro atoms. The maximum Gasteiger partial charge on any atom is 0.307 e. The van der Waals surface area contributed by atoms with E-state index in [9.17, 15) is 4.79 Å². The molecular weight excluding hydrogens is 198 g/mol. The molecule has 72 valence electrons. The van der Waals surface area contributed by atoms with E-state index in [-0.39, 0.29) is 6.42 Å². The van der Waals surface area contributed by atoms with Gasteiger partial charge in [0.1, 0.15) is 0 Å². The van der Waals surface area contributed by atoms with Crippen molar-refractivity contribution in [2.75, 3.05) is 0 Å². The van der Waals surface area contributed by atoms with Crippen molar-refractivity contribution in [3.63, 3.8) is 0 Å². The highest BCUT2D eigenvalue weighted by Gasteiger charge is 2.08. The summed E-state index contributed by atoms with van der Waals surface area (Å²) in [5.74, 6) is -0.802. The van der Waals surface area contributed by atoms with Crippen molar-refractivity contribution < 1.29 is 9.90 Å². The van der Waals surface area contributed by atoms with Gasteiger partial charge in [0.15, 0.2) is 0 Å². The van der Waals surface area contributed by atoms with Crippen LogP contribution in [0.15, 0.2) is 18.2 Å². The summed E-state index contributed by atoms with van der Waals surface area (Å²) in [4.78, 5) is 10.6. The van der Waals surface area contributed by atoms with Crippen molar-refractivity contribution in [1.29, 1.82) is 0 Å². The molecule has 1 N–H and O–H groups in total. The summed E-state index contributed by atoms with van der Waals surface area (Å²) >= 11 is 1.37. The van der Waals surface area contributed by atoms with Crippen LogP contribution in [0.25, 0.3) is 10.1 Å². The second kappa shape index (κ2) is 3.38. The van der Waals surface area contributed by atoms with Crippen molar-refractivity contribution in [3.05, 3.63) is 29.5 Å². The van der Waals surface area contributed by atoms with Gasteiger partial charge >= 0.3 is 5.97 Å². The molecule has 0 aliphatic carbocycles. The fourth-order valence-corrected chi connectivity index (χ4v) is 2.34. The highest BCUT2D eigenvalue weighted by Crippen LogP contribution is 2.25. The smallest absolute Gasteiger partial charge is 0.307 e. The van der Waals surface area contributed by atoms with Gasteiger partial charge in [-0.3, -0.25) is 4.79 Å². The Morgan fingerprint density at radius 2 is 2.36 bits per heavy atom. The third kappa shape index (κ3) is 1.48. The molecule has 0 atom stereocenters. The largest absolute Gasteiger partial charge is 0.481 e. The number of hydrogen-bond donors (Lipinski definition) is 1. The topological polar surface area (TPSA) is 50.2 Å². The van der Waals surface area contributed by atoms with Crippen LogP contribution in [0.1, 0.15) is 11.3 Å². The van der Waals surface area contributed by atoms with Crippen LogP contribution in [-0.2, 0) is 11.2 Å². The summed E-state index contributed by atoms with van der Waals surface area (Å²) in [6.07, 6.45) is 0.0684. The monoisotopic (exact) mass is 207 g/mol. The SMILES string of the molecule is Cc1nsc2c(CC(=O)O)cccc12. The lowest BCUT2D eigenvalue weighted by atomic mass is 10.1. The Labute approximate surface area is 85.2 Å². The van der Waals surface area contributed by atoms with E-state index in [0.29, 0.717) is 0 Å². The maximum atomic E-state index is 10.6. The molecule has 0 saturated carbocycles. The van der Waals surface area contributed by atoms with Gasteiger partial charge in [0.05, 0.1) is 16.8 Å². The molecule has 1 aromatic carbocycles. The molecule has 0 fully saturated rings. The van der Waals surface area contributed by atoms with Crippen molar-refractivity contribution >= 4 is 27.6 Å². The molecule has 0 amide bonds. The molecule has 0 bridgehead atoms. The van der Waals surface area contributed by atoms with Gasteiger partial charge in [0.2, 0.25) is 0 Å². The third-order valence-corrected chi connectivity index (χ3v) is 3.13. The standard InChI is InChI=1S/C10H9NO2S/c1-6-8-4-2-3-7(5-9(12)13)10(8)14-11-6/h2-4H,5H2,1H3,(H,12,13). The first-order chi connectivity index (χ1) is 6.68. The zero-order chi connectivity index (χ0) is 10.1.